The molecule has 0 unspecified atom stereocenters. The number of carboxylic acid groups (broad SMARTS) is 1. The van der Waals surface area contributed by atoms with Gasteiger partial charge in [-0.05, 0) is 31.1 Å². The van der Waals surface area contributed by atoms with Crippen molar-refractivity contribution < 1.29 is 14.6 Å². The van der Waals surface area contributed by atoms with Gasteiger partial charge in [0.2, 0.25) is 0 Å². The molecule has 1 N–H and O–H groups in total. The highest BCUT2D eigenvalue weighted by Crippen LogP contribution is 2.32. The average Bonchev–Trinajstić information content (AvgIpc) is 2.45. The zero-order valence-corrected chi connectivity index (χ0v) is 12.3. The summed E-state index contributed by atoms with van der Waals surface area (Å²) in [5.41, 5.74) is 4.14. The Balaban J connectivity index is 2.78. The van der Waals surface area contributed by atoms with Crippen LogP contribution in [0.5, 0.6) is 5.75 Å². The third-order valence-electron chi connectivity index (χ3n) is 3.38. The van der Waals surface area contributed by atoms with Gasteiger partial charge in [0.05, 0.1) is 18.5 Å². The first-order valence-electron chi connectivity index (χ1n) is 6.51. The van der Waals surface area contributed by atoms with Crippen molar-refractivity contribution in [1.82, 2.24) is 4.98 Å². The molecular weight excluding hydrogens is 266 g/mol. The number of aromatic nitrogens is 1. The molecule has 0 amide bonds. The topological polar surface area (TPSA) is 59.4 Å². The maximum atomic E-state index is 11.4. The molecule has 21 heavy (non-hydrogen) atoms. The summed E-state index contributed by atoms with van der Waals surface area (Å²) in [6.07, 6.45) is 1.43. The number of ether oxygens (including phenoxy) is 1. The number of aryl methyl sites for hydroxylation is 2. The normalized spacial score (nSPS) is 10.2. The van der Waals surface area contributed by atoms with Crippen LogP contribution in [0.15, 0.2) is 30.8 Å². The molecule has 0 bridgehead atoms. The first-order valence-corrected chi connectivity index (χ1v) is 6.51. The van der Waals surface area contributed by atoms with Crippen molar-refractivity contribution >= 4 is 12.0 Å². The van der Waals surface area contributed by atoms with Crippen LogP contribution in [0.2, 0.25) is 0 Å². The van der Waals surface area contributed by atoms with Gasteiger partial charge in [0.1, 0.15) is 11.3 Å². The van der Waals surface area contributed by atoms with Gasteiger partial charge in [-0.25, -0.2) is 9.78 Å². The van der Waals surface area contributed by atoms with Crippen LogP contribution in [-0.4, -0.2) is 23.2 Å². The van der Waals surface area contributed by atoms with E-state index in [2.05, 4.69) is 11.6 Å². The van der Waals surface area contributed by atoms with E-state index in [0.717, 1.165) is 16.7 Å². The molecule has 0 saturated heterocycles. The van der Waals surface area contributed by atoms with Crippen molar-refractivity contribution in [2.24, 2.45) is 0 Å². The Morgan fingerprint density at radius 3 is 2.43 bits per heavy atom. The Morgan fingerprint density at radius 2 is 1.95 bits per heavy atom. The summed E-state index contributed by atoms with van der Waals surface area (Å²) in [6.45, 7) is 7.64. The number of carboxylic acids is 1. The fourth-order valence-corrected chi connectivity index (χ4v) is 2.41. The summed E-state index contributed by atoms with van der Waals surface area (Å²) >= 11 is 0. The van der Waals surface area contributed by atoms with Crippen LogP contribution in [0.3, 0.4) is 0 Å². The highest BCUT2D eigenvalue weighted by molar-refractivity contribution is 5.95. The summed E-state index contributed by atoms with van der Waals surface area (Å²) in [7, 11) is 1.45. The SMILES string of the molecule is C=Cc1nc(-c2c(C)cccc2C)cc(OC)c1C(=O)O. The summed E-state index contributed by atoms with van der Waals surface area (Å²) in [5, 5.41) is 9.31. The largest absolute Gasteiger partial charge is 0.496 e. The number of nitrogens with zero attached hydrogens (tertiary/aromatic N) is 1. The molecule has 0 atom stereocenters. The minimum atomic E-state index is -1.08. The number of pyridine rings is 1. The van der Waals surface area contributed by atoms with Gasteiger partial charge in [-0.3, -0.25) is 0 Å². The van der Waals surface area contributed by atoms with E-state index in [-0.39, 0.29) is 11.3 Å². The first kappa shape index (κ1) is 14.8. The quantitative estimate of drug-likeness (QED) is 0.929. The number of methoxy groups -OCH3 is 1. The Bertz CT molecular complexity index is 700. The molecule has 1 heterocycles. The van der Waals surface area contributed by atoms with E-state index in [4.69, 9.17) is 4.74 Å². The predicted molar refractivity (Wildman–Crippen MR) is 82.7 cm³/mol. The third kappa shape index (κ3) is 2.65. The van der Waals surface area contributed by atoms with Crippen LogP contribution in [0, 0.1) is 13.8 Å². The molecule has 108 valence electrons. The fourth-order valence-electron chi connectivity index (χ4n) is 2.41. The summed E-state index contributed by atoms with van der Waals surface area (Å²) in [5.74, 6) is -0.799. The maximum Gasteiger partial charge on any atom is 0.341 e. The zero-order valence-electron chi connectivity index (χ0n) is 12.3. The summed E-state index contributed by atoms with van der Waals surface area (Å²) in [4.78, 5) is 15.8. The number of aromatic carboxylic acids is 1. The molecule has 0 aliphatic carbocycles. The van der Waals surface area contributed by atoms with Crippen LogP contribution in [0.1, 0.15) is 27.2 Å². The lowest BCUT2D eigenvalue weighted by Gasteiger charge is -2.14. The number of hydrogen-bond donors (Lipinski definition) is 1. The molecule has 0 radical (unpaired) electrons. The van der Waals surface area contributed by atoms with Crippen LogP contribution >= 0.6 is 0 Å². The highest BCUT2D eigenvalue weighted by Gasteiger charge is 2.19. The van der Waals surface area contributed by atoms with E-state index in [1.54, 1.807) is 6.07 Å². The molecule has 0 aliphatic rings. The molecular formula is C17H17NO3. The van der Waals surface area contributed by atoms with E-state index in [0.29, 0.717) is 11.4 Å². The summed E-state index contributed by atoms with van der Waals surface area (Å²) < 4.78 is 5.22. The lowest BCUT2D eigenvalue weighted by atomic mass is 9.98. The second kappa shape index (κ2) is 5.79. The number of rotatable bonds is 4. The molecule has 4 heteroatoms. The summed E-state index contributed by atoms with van der Waals surface area (Å²) in [6, 6.07) is 7.63. The van der Waals surface area contributed by atoms with Crippen LogP contribution in [0.4, 0.5) is 0 Å². The van der Waals surface area contributed by atoms with Gasteiger partial charge in [0.25, 0.3) is 0 Å². The Labute approximate surface area is 123 Å². The first-order chi connectivity index (χ1) is 9.99. The van der Waals surface area contributed by atoms with Crippen molar-refractivity contribution in [1.29, 1.82) is 0 Å². The lowest BCUT2D eigenvalue weighted by Crippen LogP contribution is -2.06. The van der Waals surface area contributed by atoms with Gasteiger partial charge in [-0.1, -0.05) is 24.8 Å². The van der Waals surface area contributed by atoms with Crippen molar-refractivity contribution in [2.45, 2.75) is 13.8 Å². The predicted octanol–water partition coefficient (Wildman–Crippen LogP) is 3.72. The monoisotopic (exact) mass is 283 g/mol. The second-order valence-electron chi connectivity index (χ2n) is 4.75. The van der Waals surface area contributed by atoms with Crippen molar-refractivity contribution in [3.05, 3.63) is 53.2 Å². The van der Waals surface area contributed by atoms with Gasteiger partial charge in [0, 0.05) is 11.6 Å². The number of hydrogen-bond acceptors (Lipinski definition) is 3. The van der Waals surface area contributed by atoms with Crippen LogP contribution in [0.25, 0.3) is 17.3 Å². The van der Waals surface area contributed by atoms with E-state index in [1.807, 2.05) is 32.0 Å². The average molecular weight is 283 g/mol. The molecule has 0 spiro atoms. The molecule has 0 aliphatic heterocycles. The van der Waals surface area contributed by atoms with Crippen molar-refractivity contribution in [2.75, 3.05) is 7.11 Å². The Kier molecular flexibility index (Phi) is 4.08. The molecule has 2 aromatic rings. The molecule has 0 fully saturated rings. The molecule has 2 rings (SSSR count). The molecule has 1 aromatic carbocycles. The fraction of sp³-hybridized carbons (Fsp3) is 0.176. The van der Waals surface area contributed by atoms with Crippen molar-refractivity contribution in [3.8, 4) is 17.0 Å². The van der Waals surface area contributed by atoms with Crippen LogP contribution in [-0.2, 0) is 0 Å². The van der Waals surface area contributed by atoms with Crippen molar-refractivity contribution in [3.63, 3.8) is 0 Å². The van der Waals surface area contributed by atoms with E-state index in [9.17, 15) is 9.90 Å². The molecule has 4 nitrogen and oxygen atoms in total. The van der Waals surface area contributed by atoms with Gasteiger partial charge in [-0.15, -0.1) is 0 Å². The molecule has 0 saturated carbocycles. The standard InChI is InChI=1S/C17H17NO3/c1-5-12-16(17(19)20)14(21-4)9-13(18-12)15-10(2)7-6-8-11(15)3/h5-9H,1H2,2-4H3,(H,19,20). The third-order valence-corrected chi connectivity index (χ3v) is 3.38. The van der Waals surface area contributed by atoms with E-state index >= 15 is 0 Å². The highest BCUT2D eigenvalue weighted by atomic mass is 16.5. The Hall–Kier alpha value is -2.62. The van der Waals surface area contributed by atoms with Gasteiger partial charge in [-0.2, -0.15) is 0 Å². The smallest absolute Gasteiger partial charge is 0.341 e. The molecule has 1 aromatic heterocycles. The van der Waals surface area contributed by atoms with E-state index in [1.165, 1.54) is 13.2 Å². The van der Waals surface area contributed by atoms with Crippen LogP contribution < -0.4 is 4.74 Å². The maximum absolute atomic E-state index is 11.4. The minimum Gasteiger partial charge on any atom is -0.496 e. The van der Waals surface area contributed by atoms with Gasteiger partial charge in [0.15, 0.2) is 0 Å². The van der Waals surface area contributed by atoms with Gasteiger partial charge >= 0.3 is 5.97 Å². The number of carbonyl (C=O) groups is 1. The van der Waals surface area contributed by atoms with Gasteiger partial charge < -0.3 is 9.84 Å². The Morgan fingerprint density at radius 1 is 1.33 bits per heavy atom. The lowest BCUT2D eigenvalue weighted by molar-refractivity contribution is 0.0692. The van der Waals surface area contributed by atoms with E-state index < -0.39 is 5.97 Å². The zero-order chi connectivity index (χ0) is 15.6. The minimum absolute atomic E-state index is 0.0301. The second-order valence-corrected chi connectivity index (χ2v) is 4.75. The number of benzene rings is 1.